The minimum atomic E-state index is -0.394. The van der Waals surface area contributed by atoms with Crippen LogP contribution in [0.5, 0.6) is 0 Å². The summed E-state index contributed by atoms with van der Waals surface area (Å²) in [7, 11) is 0. The Morgan fingerprint density at radius 3 is 2.85 bits per heavy atom. The van der Waals surface area contributed by atoms with Crippen molar-refractivity contribution in [2.45, 2.75) is 45.6 Å². The van der Waals surface area contributed by atoms with Gasteiger partial charge in [-0.15, -0.1) is 0 Å². The van der Waals surface area contributed by atoms with Crippen molar-refractivity contribution in [1.82, 2.24) is 5.32 Å². The van der Waals surface area contributed by atoms with Crippen molar-refractivity contribution in [2.24, 2.45) is 0 Å². The van der Waals surface area contributed by atoms with Crippen molar-refractivity contribution in [1.29, 1.82) is 0 Å². The number of ether oxygens (including phenoxy) is 1. The van der Waals surface area contributed by atoms with E-state index < -0.39 is 5.63 Å². The van der Waals surface area contributed by atoms with E-state index in [2.05, 4.69) is 5.32 Å². The summed E-state index contributed by atoms with van der Waals surface area (Å²) in [5.41, 5.74) is 3.25. The molecule has 0 unspecified atom stereocenters. The highest BCUT2D eigenvalue weighted by Gasteiger charge is 2.18. The smallest absolute Gasteiger partial charge is 0.339 e. The molecule has 1 fully saturated rings. The minimum Gasteiger partial charge on any atom is -0.464 e. The number of carbonyl (C=O) groups excluding carboxylic acids is 1. The van der Waals surface area contributed by atoms with E-state index in [1.54, 1.807) is 12.3 Å². The largest absolute Gasteiger partial charge is 0.464 e. The van der Waals surface area contributed by atoms with Gasteiger partial charge in [0.25, 0.3) is 0 Å². The summed E-state index contributed by atoms with van der Waals surface area (Å²) < 4.78 is 16.5. The Hall–Kier alpha value is -2.60. The van der Waals surface area contributed by atoms with Gasteiger partial charge in [0.2, 0.25) is 5.91 Å². The Labute approximate surface area is 156 Å². The zero-order valence-corrected chi connectivity index (χ0v) is 15.6. The molecule has 6 nitrogen and oxygen atoms in total. The van der Waals surface area contributed by atoms with Crippen LogP contribution in [-0.4, -0.2) is 25.2 Å². The summed E-state index contributed by atoms with van der Waals surface area (Å²) >= 11 is 0. The van der Waals surface area contributed by atoms with Crippen molar-refractivity contribution in [3.63, 3.8) is 0 Å². The summed E-state index contributed by atoms with van der Waals surface area (Å²) in [6, 6.07) is 3.74. The summed E-state index contributed by atoms with van der Waals surface area (Å²) in [5.74, 6) is -0.0782. The number of furan rings is 1. The van der Waals surface area contributed by atoms with Crippen molar-refractivity contribution in [3.05, 3.63) is 45.5 Å². The molecule has 6 heteroatoms. The van der Waals surface area contributed by atoms with E-state index >= 15 is 0 Å². The Morgan fingerprint density at radius 1 is 1.22 bits per heavy atom. The third-order valence-electron chi connectivity index (χ3n) is 5.33. The summed E-state index contributed by atoms with van der Waals surface area (Å²) in [4.78, 5) is 24.6. The lowest BCUT2D eigenvalue weighted by molar-refractivity contribution is -0.121. The molecule has 1 amide bonds. The molecular weight excluding hydrogens is 346 g/mol. The number of benzene rings is 1. The topological polar surface area (TPSA) is 81.7 Å². The lowest BCUT2D eigenvalue weighted by Crippen LogP contribution is -2.32. The van der Waals surface area contributed by atoms with Gasteiger partial charge in [-0.25, -0.2) is 4.79 Å². The zero-order chi connectivity index (χ0) is 19.0. The second-order valence-electron chi connectivity index (χ2n) is 7.20. The Kier molecular flexibility index (Phi) is 4.74. The van der Waals surface area contributed by atoms with E-state index in [-0.39, 0.29) is 18.4 Å². The molecule has 1 atom stereocenters. The fourth-order valence-electron chi connectivity index (χ4n) is 3.69. The van der Waals surface area contributed by atoms with Crippen LogP contribution in [0.1, 0.15) is 36.0 Å². The lowest BCUT2D eigenvalue weighted by atomic mass is 10.0. The van der Waals surface area contributed by atoms with Crippen molar-refractivity contribution in [2.75, 3.05) is 13.2 Å². The van der Waals surface area contributed by atoms with Gasteiger partial charge in [-0.3, -0.25) is 4.79 Å². The molecule has 0 aliphatic carbocycles. The second-order valence-corrected chi connectivity index (χ2v) is 7.20. The minimum absolute atomic E-state index is 0.0782. The Morgan fingerprint density at radius 2 is 2.07 bits per heavy atom. The number of hydrogen-bond donors (Lipinski definition) is 1. The van der Waals surface area contributed by atoms with Gasteiger partial charge >= 0.3 is 5.63 Å². The van der Waals surface area contributed by atoms with E-state index in [1.807, 2.05) is 19.9 Å². The van der Waals surface area contributed by atoms with E-state index in [1.165, 1.54) is 0 Å². The van der Waals surface area contributed by atoms with Crippen LogP contribution in [0.25, 0.3) is 21.9 Å². The van der Waals surface area contributed by atoms with Gasteiger partial charge in [0.15, 0.2) is 0 Å². The highest BCUT2D eigenvalue weighted by atomic mass is 16.5. The van der Waals surface area contributed by atoms with Crippen LogP contribution in [0.3, 0.4) is 0 Å². The van der Waals surface area contributed by atoms with Gasteiger partial charge < -0.3 is 18.9 Å². The SMILES string of the molecule is Cc1coc2cc3oc(=O)c(CCC(=O)NC[C@@H]4CCCO4)c(C)c3cc12. The molecule has 1 aliphatic heterocycles. The quantitative estimate of drug-likeness (QED) is 0.697. The van der Waals surface area contributed by atoms with Gasteiger partial charge in [0.1, 0.15) is 11.2 Å². The fourth-order valence-corrected chi connectivity index (χ4v) is 3.69. The number of aryl methyl sites for hydroxylation is 2. The van der Waals surface area contributed by atoms with E-state index in [0.717, 1.165) is 41.3 Å². The molecule has 1 saturated heterocycles. The molecule has 1 aromatic carbocycles. The molecule has 4 rings (SSSR count). The predicted octanol–water partition coefficient (Wildman–Crippen LogP) is 3.38. The fraction of sp³-hybridized carbons (Fsp3) is 0.429. The van der Waals surface area contributed by atoms with Gasteiger partial charge in [0.05, 0.1) is 12.4 Å². The van der Waals surface area contributed by atoms with Crippen LogP contribution in [0.15, 0.2) is 32.0 Å². The highest BCUT2D eigenvalue weighted by Crippen LogP contribution is 2.29. The second kappa shape index (κ2) is 7.19. The summed E-state index contributed by atoms with van der Waals surface area (Å²) in [5, 5.41) is 4.77. The maximum absolute atomic E-state index is 12.4. The number of hydrogen-bond acceptors (Lipinski definition) is 5. The van der Waals surface area contributed by atoms with Crippen LogP contribution in [0.2, 0.25) is 0 Å². The molecule has 3 aromatic rings. The van der Waals surface area contributed by atoms with Gasteiger partial charge in [-0.2, -0.15) is 0 Å². The maximum atomic E-state index is 12.4. The van der Waals surface area contributed by atoms with Crippen LogP contribution in [-0.2, 0) is 16.0 Å². The average molecular weight is 369 g/mol. The molecule has 2 aromatic heterocycles. The highest BCUT2D eigenvalue weighted by molar-refractivity contribution is 5.96. The first-order chi connectivity index (χ1) is 13.0. The molecule has 142 valence electrons. The summed E-state index contributed by atoms with van der Waals surface area (Å²) in [6.07, 6.45) is 4.43. The van der Waals surface area contributed by atoms with Gasteiger partial charge in [-0.05, 0) is 50.3 Å². The van der Waals surface area contributed by atoms with Crippen LogP contribution in [0, 0.1) is 13.8 Å². The van der Waals surface area contributed by atoms with Crippen LogP contribution < -0.4 is 10.9 Å². The number of carbonyl (C=O) groups is 1. The first kappa shape index (κ1) is 17.8. The number of rotatable bonds is 5. The first-order valence-corrected chi connectivity index (χ1v) is 9.35. The third kappa shape index (κ3) is 3.49. The maximum Gasteiger partial charge on any atom is 0.339 e. The number of amides is 1. The first-order valence-electron chi connectivity index (χ1n) is 9.35. The van der Waals surface area contributed by atoms with E-state index in [9.17, 15) is 9.59 Å². The standard InChI is InChI=1S/C21H23NO5/c1-12-11-26-18-9-19-17(8-16(12)18)13(2)15(21(24)27-19)5-6-20(23)22-10-14-4-3-7-25-14/h8-9,11,14H,3-7,10H2,1-2H3,(H,22,23)/t14-/m0/s1. The van der Waals surface area contributed by atoms with Crippen molar-refractivity contribution in [3.8, 4) is 0 Å². The molecule has 1 aliphatic rings. The van der Waals surface area contributed by atoms with Gasteiger partial charge in [0, 0.05) is 42.0 Å². The number of nitrogens with one attached hydrogen (secondary N) is 1. The monoisotopic (exact) mass is 369 g/mol. The normalized spacial score (nSPS) is 17.0. The Balaban J connectivity index is 1.54. The molecule has 3 heterocycles. The number of fused-ring (bicyclic) bond motifs is 2. The molecule has 1 N–H and O–H groups in total. The Bertz CT molecular complexity index is 1060. The average Bonchev–Trinajstić information content (AvgIpc) is 3.29. The zero-order valence-electron chi connectivity index (χ0n) is 15.6. The third-order valence-corrected chi connectivity index (χ3v) is 5.33. The van der Waals surface area contributed by atoms with Crippen molar-refractivity contribution < 1.29 is 18.4 Å². The van der Waals surface area contributed by atoms with Crippen LogP contribution >= 0.6 is 0 Å². The van der Waals surface area contributed by atoms with E-state index in [0.29, 0.717) is 29.7 Å². The molecule has 27 heavy (non-hydrogen) atoms. The molecule has 0 spiro atoms. The van der Waals surface area contributed by atoms with Crippen molar-refractivity contribution >= 4 is 27.8 Å². The molecule has 0 saturated carbocycles. The van der Waals surface area contributed by atoms with E-state index in [4.69, 9.17) is 13.6 Å². The lowest BCUT2D eigenvalue weighted by Gasteiger charge is -2.11. The molecule has 0 radical (unpaired) electrons. The molecular formula is C21H23NO5. The molecule has 0 bridgehead atoms. The van der Waals surface area contributed by atoms with Gasteiger partial charge in [-0.1, -0.05) is 0 Å². The summed E-state index contributed by atoms with van der Waals surface area (Å²) in [6.45, 7) is 5.18. The van der Waals surface area contributed by atoms with Crippen LogP contribution in [0.4, 0.5) is 0 Å². The predicted molar refractivity (Wildman–Crippen MR) is 102 cm³/mol.